The highest BCUT2D eigenvalue weighted by molar-refractivity contribution is 6.30. The average molecular weight is 276 g/mol. The lowest BCUT2D eigenvalue weighted by Crippen LogP contribution is -2.18. The van der Waals surface area contributed by atoms with E-state index in [0.29, 0.717) is 5.75 Å². The van der Waals surface area contributed by atoms with Crippen molar-refractivity contribution in [3.8, 4) is 5.75 Å². The van der Waals surface area contributed by atoms with Crippen LogP contribution in [0.25, 0.3) is 0 Å². The van der Waals surface area contributed by atoms with Crippen LogP contribution in [0.15, 0.2) is 42.5 Å². The molecule has 2 nitrogen and oxygen atoms in total. The molecular weight excluding hydrogens is 258 g/mol. The summed E-state index contributed by atoms with van der Waals surface area (Å²) >= 11 is 5.96. The number of hydrogen-bond acceptors (Lipinski definition) is 2. The Labute approximate surface area is 119 Å². The molecule has 2 aromatic carbocycles. The fraction of sp³-hybridized carbons (Fsp3) is 0.250. The zero-order chi connectivity index (χ0) is 13.8. The standard InChI is InChI=1S/C16H18ClNO/c1-11-6-7-16(19)15(8-11)12(2)18-10-13-4-3-5-14(17)9-13/h3-9,12,18-19H,10H2,1-2H3. The van der Waals surface area contributed by atoms with Crippen LogP contribution in [0.5, 0.6) is 5.75 Å². The summed E-state index contributed by atoms with van der Waals surface area (Å²) in [7, 11) is 0. The zero-order valence-electron chi connectivity index (χ0n) is 11.2. The molecular formula is C16H18ClNO. The smallest absolute Gasteiger partial charge is 0.120 e. The molecule has 0 aliphatic rings. The molecule has 2 rings (SSSR count). The van der Waals surface area contributed by atoms with Gasteiger partial charge in [-0.2, -0.15) is 0 Å². The van der Waals surface area contributed by atoms with Crippen LogP contribution in [0, 0.1) is 6.92 Å². The van der Waals surface area contributed by atoms with Crippen LogP contribution in [0.3, 0.4) is 0 Å². The minimum atomic E-state index is 0.0823. The summed E-state index contributed by atoms with van der Waals surface area (Å²) in [6, 6.07) is 13.5. The molecule has 0 spiro atoms. The van der Waals surface area contributed by atoms with Gasteiger partial charge in [-0.05, 0) is 37.6 Å². The van der Waals surface area contributed by atoms with Gasteiger partial charge in [-0.1, -0.05) is 41.4 Å². The van der Waals surface area contributed by atoms with Gasteiger partial charge >= 0.3 is 0 Å². The Morgan fingerprint density at radius 3 is 2.74 bits per heavy atom. The SMILES string of the molecule is Cc1ccc(O)c(C(C)NCc2cccc(Cl)c2)c1. The van der Waals surface area contributed by atoms with E-state index in [0.717, 1.165) is 28.3 Å². The number of phenols is 1. The van der Waals surface area contributed by atoms with Crippen LogP contribution in [0.4, 0.5) is 0 Å². The lowest BCUT2D eigenvalue weighted by molar-refractivity contribution is 0.452. The normalized spacial score (nSPS) is 12.4. The largest absolute Gasteiger partial charge is 0.508 e. The van der Waals surface area contributed by atoms with Crippen LogP contribution >= 0.6 is 11.6 Å². The van der Waals surface area contributed by atoms with E-state index in [1.165, 1.54) is 0 Å². The molecule has 0 aromatic heterocycles. The summed E-state index contributed by atoms with van der Waals surface area (Å²) in [4.78, 5) is 0. The molecule has 0 fully saturated rings. The van der Waals surface area contributed by atoms with E-state index >= 15 is 0 Å². The number of halogens is 1. The van der Waals surface area contributed by atoms with Crippen LogP contribution in [-0.4, -0.2) is 5.11 Å². The Morgan fingerprint density at radius 1 is 1.21 bits per heavy atom. The van der Waals surface area contributed by atoms with Gasteiger partial charge in [0.05, 0.1) is 0 Å². The Hall–Kier alpha value is -1.51. The van der Waals surface area contributed by atoms with Gasteiger partial charge in [-0.3, -0.25) is 0 Å². The molecule has 0 amide bonds. The minimum Gasteiger partial charge on any atom is -0.508 e. The number of phenolic OH excluding ortho intramolecular Hbond substituents is 1. The molecule has 1 unspecified atom stereocenters. The van der Waals surface area contributed by atoms with Crippen molar-refractivity contribution in [2.24, 2.45) is 0 Å². The van der Waals surface area contributed by atoms with Gasteiger partial charge in [0.2, 0.25) is 0 Å². The summed E-state index contributed by atoms with van der Waals surface area (Å²) in [5, 5.41) is 14.0. The predicted molar refractivity (Wildman–Crippen MR) is 79.6 cm³/mol. The molecule has 3 heteroatoms. The van der Waals surface area contributed by atoms with Crippen LogP contribution in [0.2, 0.25) is 5.02 Å². The summed E-state index contributed by atoms with van der Waals surface area (Å²) < 4.78 is 0. The molecule has 0 heterocycles. The fourth-order valence-electron chi connectivity index (χ4n) is 2.05. The first kappa shape index (κ1) is 13.9. The Kier molecular flexibility index (Phi) is 4.46. The third kappa shape index (κ3) is 3.72. The highest BCUT2D eigenvalue weighted by Crippen LogP contribution is 2.25. The van der Waals surface area contributed by atoms with Crippen molar-refractivity contribution in [1.29, 1.82) is 0 Å². The quantitative estimate of drug-likeness (QED) is 0.876. The van der Waals surface area contributed by atoms with Crippen molar-refractivity contribution in [2.75, 3.05) is 0 Å². The first-order chi connectivity index (χ1) is 9.06. The maximum Gasteiger partial charge on any atom is 0.120 e. The van der Waals surface area contributed by atoms with Gasteiger partial charge in [0, 0.05) is 23.2 Å². The molecule has 0 radical (unpaired) electrons. The predicted octanol–water partition coefficient (Wildman–Crippen LogP) is 4.20. The van der Waals surface area contributed by atoms with Crippen molar-refractivity contribution in [3.05, 3.63) is 64.2 Å². The maximum absolute atomic E-state index is 9.89. The van der Waals surface area contributed by atoms with Gasteiger partial charge < -0.3 is 10.4 Å². The third-order valence-electron chi connectivity index (χ3n) is 3.15. The highest BCUT2D eigenvalue weighted by atomic mass is 35.5. The lowest BCUT2D eigenvalue weighted by Gasteiger charge is -2.16. The molecule has 0 aliphatic heterocycles. The molecule has 0 aliphatic carbocycles. The minimum absolute atomic E-state index is 0.0823. The van der Waals surface area contributed by atoms with Crippen LogP contribution in [-0.2, 0) is 6.54 Å². The summed E-state index contributed by atoms with van der Waals surface area (Å²) in [6.45, 7) is 4.78. The number of benzene rings is 2. The van der Waals surface area contributed by atoms with E-state index in [2.05, 4.69) is 5.32 Å². The van der Waals surface area contributed by atoms with Crippen LogP contribution in [0.1, 0.15) is 29.7 Å². The Morgan fingerprint density at radius 2 is 2.00 bits per heavy atom. The zero-order valence-corrected chi connectivity index (χ0v) is 11.9. The van der Waals surface area contributed by atoms with Gasteiger partial charge in [0.1, 0.15) is 5.75 Å². The van der Waals surface area contributed by atoms with E-state index in [9.17, 15) is 5.11 Å². The maximum atomic E-state index is 9.89. The van der Waals surface area contributed by atoms with Gasteiger partial charge in [-0.15, -0.1) is 0 Å². The number of aryl methyl sites for hydroxylation is 1. The summed E-state index contributed by atoms with van der Waals surface area (Å²) in [5.41, 5.74) is 3.19. The lowest BCUT2D eigenvalue weighted by atomic mass is 10.0. The monoisotopic (exact) mass is 275 g/mol. The van der Waals surface area contributed by atoms with Crippen molar-refractivity contribution in [3.63, 3.8) is 0 Å². The van der Waals surface area contributed by atoms with Crippen molar-refractivity contribution in [2.45, 2.75) is 26.4 Å². The third-order valence-corrected chi connectivity index (χ3v) is 3.39. The molecule has 0 saturated carbocycles. The fourth-order valence-corrected chi connectivity index (χ4v) is 2.26. The summed E-state index contributed by atoms with van der Waals surface area (Å²) in [6.07, 6.45) is 0. The molecule has 0 saturated heterocycles. The molecule has 19 heavy (non-hydrogen) atoms. The number of aromatic hydroxyl groups is 1. The molecule has 100 valence electrons. The van der Waals surface area contributed by atoms with Crippen molar-refractivity contribution in [1.82, 2.24) is 5.32 Å². The van der Waals surface area contributed by atoms with Crippen molar-refractivity contribution >= 4 is 11.6 Å². The van der Waals surface area contributed by atoms with Gasteiger partial charge in [0.15, 0.2) is 0 Å². The molecule has 2 N–H and O–H groups in total. The molecule has 2 aromatic rings. The van der Waals surface area contributed by atoms with Gasteiger partial charge in [-0.25, -0.2) is 0 Å². The van der Waals surface area contributed by atoms with E-state index < -0.39 is 0 Å². The van der Waals surface area contributed by atoms with Crippen molar-refractivity contribution < 1.29 is 5.11 Å². The second kappa shape index (κ2) is 6.09. The topological polar surface area (TPSA) is 32.3 Å². The second-order valence-electron chi connectivity index (χ2n) is 4.79. The summed E-state index contributed by atoms with van der Waals surface area (Å²) in [5.74, 6) is 0.330. The molecule has 0 bridgehead atoms. The van der Waals surface area contributed by atoms with Gasteiger partial charge in [0.25, 0.3) is 0 Å². The highest BCUT2D eigenvalue weighted by Gasteiger charge is 2.10. The number of hydrogen-bond donors (Lipinski definition) is 2. The molecule has 1 atom stereocenters. The number of nitrogens with one attached hydrogen (secondary N) is 1. The Bertz CT molecular complexity index is 568. The average Bonchev–Trinajstić information content (AvgIpc) is 2.39. The first-order valence-corrected chi connectivity index (χ1v) is 6.71. The Balaban J connectivity index is 2.05. The van der Waals surface area contributed by atoms with E-state index in [1.807, 2.05) is 50.2 Å². The van der Waals surface area contributed by atoms with E-state index in [4.69, 9.17) is 11.6 Å². The van der Waals surface area contributed by atoms with E-state index in [-0.39, 0.29) is 6.04 Å². The van der Waals surface area contributed by atoms with E-state index in [1.54, 1.807) is 6.07 Å². The number of rotatable bonds is 4. The van der Waals surface area contributed by atoms with Crippen LogP contribution < -0.4 is 5.32 Å². The first-order valence-electron chi connectivity index (χ1n) is 6.33. The second-order valence-corrected chi connectivity index (χ2v) is 5.23.